The van der Waals surface area contributed by atoms with E-state index in [0.29, 0.717) is 0 Å². The molecule has 0 amide bonds. The first-order valence-electron chi connectivity index (χ1n) is 7.06. The van der Waals surface area contributed by atoms with Gasteiger partial charge in [-0.2, -0.15) is 0 Å². The second kappa shape index (κ2) is 8.11. The molecule has 0 aliphatic carbocycles. The van der Waals surface area contributed by atoms with Crippen LogP contribution in [0.25, 0.3) is 0 Å². The Morgan fingerprint density at radius 2 is 1.86 bits per heavy atom. The molecule has 0 aliphatic rings. The van der Waals surface area contributed by atoms with Gasteiger partial charge < -0.3 is 19.2 Å². The molecule has 1 aromatic heterocycles. The Kier molecular flexibility index (Phi) is 6.78. The van der Waals surface area contributed by atoms with Gasteiger partial charge >= 0.3 is 0 Å². The van der Waals surface area contributed by atoms with Crippen LogP contribution < -0.4 is 14.8 Å². The summed E-state index contributed by atoms with van der Waals surface area (Å²) in [5.41, 5.74) is 2.29. The largest absolute Gasteiger partial charge is 0.497 e. The van der Waals surface area contributed by atoms with Gasteiger partial charge in [0.1, 0.15) is 23.0 Å². The number of methoxy groups -OCH3 is 2. The van der Waals surface area contributed by atoms with Crippen molar-refractivity contribution >= 4 is 12.4 Å². The Morgan fingerprint density at radius 1 is 1.14 bits per heavy atom. The standard InChI is InChI=1S/C17H23NO3.ClH/c1-11-8-16(13(3)21-11)12(2)18-10-14-6-7-15(19-4)9-17(14)20-5;/h6-9,12,18H,10H2,1-5H3;1H. The number of hydrogen-bond donors (Lipinski definition) is 1. The zero-order valence-electron chi connectivity index (χ0n) is 13.7. The Bertz CT molecular complexity index is 610. The molecule has 4 nitrogen and oxygen atoms in total. The Labute approximate surface area is 138 Å². The number of rotatable bonds is 6. The van der Waals surface area contributed by atoms with Crippen LogP contribution in [-0.2, 0) is 6.54 Å². The lowest BCUT2D eigenvalue weighted by Crippen LogP contribution is -2.18. The van der Waals surface area contributed by atoms with E-state index in [4.69, 9.17) is 13.9 Å². The van der Waals surface area contributed by atoms with Gasteiger partial charge in [-0.05, 0) is 32.9 Å². The number of furan rings is 1. The molecule has 0 spiro atoms. The lowest BCUT2D eigenvalue weighted by molar-refractivity contribution is 0.388. The van der Waals surface area contributed by atoms with Crippen LogP contribution in [0.5, 0.6) is 11.5 Å². The topological polar surface area (TPSA) is 43.6 Å². The molecular formula is C17H24ClNO3. The third-order valence-electron chi connectivity index (χ3n) is 3.64. The highest BCUT2D eigenvalue weighted by Crippen LogP contribution is 2.26. The highest BCUT2D eigenvalue weighted by Gasteiger charge is 2.13. The highest BCUT2D eigenvalue weighted by molar-refractivity contribution is 5.85. The van der Waals surface area contributed by atoms with Crippen LogP contribution in [0.15, 0.2) is 28.7 Å². The molecule has 0 saturated heterocycles. The maximum atomic E-state index is 5.58. The van der Waals surface area contributed by atoms with Crippen molar-refractivity contribution in [1.29, 1.82) is 0 Å². The maximum absolute atomic E-state index is 5.58. The average molecular weight is 326 g/mol. The van der Waals surface area contributed by atoms with Crippen LogP contribution in [0.4, 0.5) is 0 Å². The fourth-order valence-electron chi connectivity index (χ4n) is 2.45. The molecular weight excluding hydrogens is 302 g/mol. The molecule has 0 radical (unpaired) electrons. The Balaban J connectivity index is 0.00000242. The van der Waals surface area contributed by atoms with Gasteiger partial charge in [0.05, 0.1) is 14.2 Å². The molecule has 5 heteroatoms. The van der Waals surface area contributed by atoms with E-state index in [1.54, 1.807) is 14.2 Å². The first-order chi connectivity index (χ1) is 10.0. The summed E-state index contributed by atoms with van der Waals surface area (Å²) >= 11 is 0. The summed E-state index contributed by atoms with van der Waals surface area (Å²) in [6.07, 6.45) is 0. The molecule has 122 valence electrons. The Morgan fingerprint density at radius 3 is 2.41 bits per heavy atom. The third kappa shape index (κ3) is 4.18. The van der Waals surface area contributed by atoms with Crippen molar-refractivity contribution in [3.05, 3.63) is 46.9 Å². The van der Waals surface area contributed by atoms with Crippen molar-refractivity contribution in [2.75, 3.05) is 14.2 Å². The number of hydrogen-bond acceptors (Lipinski definition) is 4. The van der Waals surface area contributed by atoms with E-state index in [1.165, 1.54) is 5.56 Å². The van der Waals surface area contributed by atoms with E-state index in [2.05, 4.69) is 18.3 Å². The molecule has 1 heterocycles. The minimum atomic E-state index is 0. The smallest absolute Gasteiger partial charge is 0.127 e. The summed E-state index contributed by atoms with van der Waals surface area (Å²) in [4.78, 5) is 0. The third-order valence-corrected chi connectivity index (χ3v) is 3.64. The quantitative estimate of drug-likeness (QED) is 0.865. The number of ether oxygens (including phenoxy) is 2. The average Bonchev–Trinajstić information content (AvgIpc) is 2.83. The fraction of sp³-hybridized carbons (Fsp3) is 0.412. The second-order valence-electron chi connectivity index (χ2n) is 5.15. The fourth-order valence-corrected chi connectivity index (χ4v) is 2.45. The van der Waals surface area contributed by atoms with Gasteiger partial charge in [-0.1, -0.05) is 6.07 Å². The molecule has 1 unspecified atom stereocenters. The zero-order valence-corrected chi connectivity index (χ0v) is 14.5. The summed E-state index contributed by atoms with van der Waals surface area (Å²) in [6, 6.07) is 8.16. The lowest BCUT2D eigenvalue weighted by atomic mass is 10.1. The molecule has 1 atom stereocenters. The van der Waals surface area contributed by atoms with Crippen LogP contribution in [-0.4, -0.2) is 14.2 Å². The van der Waals surface area contributed by atoms with Crippen LogP contribution in [0, 0.1) is 13.8 Å². The Hall–Kier alpha value is -1.65. The minimum Gasteiger partial charge on any atom is -0.497 e. The number of benzene rings is 1. The summed E-state index contributed by atoms with van der Waals surface area (Å²) < 4.78 is 16.2. The van der Waals surface area contributed by atoms with Gasteiger partial charge in [0.15, 0.2) is 0 Å². The van der Waals surface area contributed by atoms with Crippen molar-refractivity contribution in [2.45, 2.75) is 33.4 Å². The monoisotopic (exact) mass is 325 g/mol. The summed E-state index contributed by atoms with van der Waals surface area (Å²) in [7, 11) is 3.32. The van der Waals surface area contributed by atoms with E-state index >= 15 is 0 Å². The van der Waals surface area contributed by atoms with Crippen LogP contribution >= 0.6 is 12.4 Å². The van der Waals surface area contributed by atoms with E-state index in [9.17, 15) is 0 Å². The molecule has 0 aliphatic heterocycles. The van der Waals surface area contributed by atoms with Crippen LogP contribution in [0.1, 0.15) is 35.6 Å². The minimum absolute atomic E-state index is 0. The van der Waals surface area contributed by atoms with Gasteiger partial charge in [-0.3, -0.25) is 0 Å². The van der Waals surface area contributed by atoms with Crippen molar-refractivity contribution < 1.29 is 13.9 Å². The van der Waals surface area contributed by atoms with Gasteiger partial charge in [0.2, 0.25) is 0 Å². The molecule has 1 aromatic carbocycles. The van der Waals surface area contributed by atoms with Gasteiger partial charge in [-0.25, -0.2) is 0 Å². The molecule has 2 rings (SSSR count). The van der Waals surface area contributed by atoms with Crippen molar-refractivity contribution in [1.82, 2.24) is 5.32 Å². The highest BCUT2D eigenvalue weighted by atomic mass is 35.5. The molecule has 0 bridgehead atoms. The summed E-state index contributed by atoms with van der Waals surface area (Å²) in [5.74, 6) is 3.53. The molecule has 2 aromatic rings. The van der Waals surface area contributed by atoms with Crippen LogP contribution in [0.3, 0.4) is 0 Å². The van der Waals surface area contributed by atoms with E-state index in [0.717, 1.165) is 35.1 Å². The lowest BCUT2D eigenvalue weighted by Gasteiger charge is -2.15. The number of nitrogens with one attached hydrogen (secondary N) is 1. The molecule has 0 fully saturated rings. The SMILES string of the molecule is COc1ccc(CNC(C)c2cc(C)oc2C)c(OC)c1.Cl. The van der Waals surface area contributed by atoms with Crippen LogP contribution in [0.2, 0.25) is 0 Å². The van der Waals surface area contributed by atoms with Gasteiger partial charge in [-0.15, -0.1) is 12.4 Å². The second-order valence-corrected chi connectivity index (χ2v) is 5.15. The van der Waals surface area contributed by atoms with Crippen molar-refractivity contribution in [3.63, 3.8) is 0 Å². The number of halogens is 1. The molecule has 0 saturated carbocycles. The van der Waals surface area contributed by atoms with Gasteiger partial charge in [0, 0.05) is 29.8 Å². The predicted octanol–water partition coefficient (Wildman–Crippen LogP) is 4.19. The first-order valence-corrected chi connectivity index (χ1v) is 7.06. The normalized spacial score (nSPS) is 11.7. The predicted molar refractivity (Wildman–Crippen MR) is 90.2 cm³/mol. The molecule has 22 heavy (non-hydrogen) atoms. The van der Waals surface area contributed by atoms with Crippen molar-refractivity contribution in [2.24, 2.45) is 0 Å². The van der Waals surface area contributed by atoms with Crippen molar-refractivity contribution in [3.8, 4) is 11.5 Å². The van der Waals surface area contributed by atoms with E-state index < -0.39 is 0 Å². The summed E-state index contributed by atoms with van der Waals surface area (Å²) in [6.45, 7) is 6.81. The van der Waals surface area contributed by atoms with Gasteiger partial charge in [0.25, 0.3) is 0 Å². The first kappa shape index (κ1) is 18.4. The summed E-state index contributed by atoms with van der Waals surface area (Å²) in [5, 5.41) is 3.50. The van der Waals surface area contributed by atoms with E-state index in [-0.39, 0.29) is 18.4 Å². The maximum Gasteiger partial charge on any atom is 0.127 e. The molecule has 1 N–H and O–H groups in total. The zero-order chi connectivity index (χ0) is 15.4. The van der Waals surface area contributed by atoms with E-state index in [1.807, 2.05) is 32.0 Å². The number of aryl methyl sites for hydroxylation is 2.